The van der Waals surface area contributed by atoms with Gasteiger partial charge < -0.3 is 5.32 Å². The molecule has 0 unspecified atom stereocenters. The first-order valence-corrected chi connectivity index (χ1v) is 7.96. The predicted octanol–water partition coefficient (Wildman–Crippen LogP) is 2.80. The number of nitrogens with one attached hydrogen (secondary N) is 2. The third-order valence-corrected chi connectivity index (χ3v) is 4.26. The van der Waals surface area contributed by atoms with Crippen LogP contribution in [0.3, 0.4) is 0 Å². The molecule has 0 fully saturated rings. The second kappa shape index (κ2) is 6.51. The Hall–Kier alpha value is -2.96. The van der Waals surface area contributed by atoms with Crippen LogP contribution in [0.5, 0.6) is 0 Å². The van der Waals surface area contributed by atoms with Crippen molar-refractivity contribution < 1.29 is 9.18 Å². The predicted molar refractivity (Wildman–Crippen MR) is 92.6 cm³/mol. The Balaban J connectivity index is 1.73. The van der Waals surface area contributed by atoms with Gasteiger partial charge in [0.05, 0.1) is 11.4 Å². The van der Waals surface area contributed by atoms with Gasteiger partial charge in [0.25, 0.3) is 5.91 Å². The van der Waals surface area contributed by atoms with Crippen LogP contribution in [0, 0.1) is 26.6 Å². The highest BCUT2D eigenvalue weighted by molar-refractivity contribution is 5.93. The normalized spacial score (nSPS) is 10.9. The Morgan fingerprint density at radius 2 is 2.04 bits per heavy atom. The average molecular weight is 341 g/mol. The van der Waals surface area contributed by atoms with Crippen LogP contribution in [-0.4, -0.2) is 25.9 Å². The number of benzene rings is 1. The Labute approximate surface area is 145 Å². The summed E-state index contributed by atoms with van der Waals surface area (Å²) in [5.41, 5.74) is 5.22. The Kier molecular flexibility index (Phi) is 4.39. The lowest BCUT2D eigenvalue weighted by Gasteiger charge is -2.05. The molecule has 0 saturated carbocycles. The van der Waals surface area contributed by atoms with E-state index in [1.165, 1.54) is 6.07 Å². The molecule has 25 heavy (non-hydrogen) atoms. The van der Waals surface area contributed by atoms with Crippen molar-refractivity contribution in [2.75, 3.05) is 0 Å². The Bertz CT molecular complexity index is 941. The summed E-state index contributed by atoms with van der Waals surface area (Å²) in [5.74, 6) is -0.518. The minimum absolute atomic E-state index is 0.254. The van der Waals surface area contributed by atoms with Gasteiger partial charge in [-0.05, 0) is 44.0 Å². The summed E-state index contributed by atoms with van der Waals surface area (Å²) in [7, 11) is 1.87. The first-order chi connectivity index (χ1) is 11.9. The summed E-state index contributed by atoms with van der Waals surface area (Å²) >= 11 is 0. The van der Waals surface area contributed by atoms with E-state index in [1.807, 2.05) is 20.9 Å². The number of aryl methyl sites for hydroxylation is 3. The smallest absolute Gasteiger partial charge is 0.269 e. The molecule has 0 spiro atoms. The lowest BCUT2D eigenvalue weighted by Crippen LogP contribution is -2.23. The first kappa shape index (κ1) is 16.9. The molecule has 0 aliphatic heterocycles. The van der Waals surface area contributed by atoms with Crippen LogP contribution < -0.4 is 5.32 Å². The zero-order valence-corrected chi connectivity index (χ0v) is 14.6. The van der Waals surface area contributed by atoms with E-state index < -0.39 is 0 Å². The van der Waals surface area contributed by atoms with Crippen LogP contribution in [0.15, 0.2) is 24.3 Å². The summed E-state index contributed by atoms with van der Waals surface area (Å²) in [5, 5.41) is 14.2. The number of halogens is 1. The minimum Gasteiger partial charge on any atom is -0.347 e. The molecule has 3 aromatic rings. The van der Waals surface area contributed by atoms with Gasteiger partial charge >= 0.3 is 0 Å². The maximum Gasteiger partial charge on any atom is 0.269 e. The van der Waals surface area contributed by atoms with Crippen molar-refractivity contribution in [3.63, 3.8) is 0 Å². The highest BCUT2D eigenvalue weighted by atomic mass is 19.1. The van der Waals surface area contributed by atoms with Crippen molar-refractivity contribution in [3.8, 4) is 11.3 Å². The molecule has 130 valence electrons. The molecule has 0 bridgehead atoms. The minimum atomic E-state index is -0.264. The maximum atomic E-state index is 13.3. The lowest BCUT2D eigenvalue weighted by atomic mass is 10.1. The monoisotopic (exact) mass is 341 g/mol. The molecule has 6 nitrogen and oxygen atoms in total. The molecule has 0 radical (unpaired) electrons. The summed E-state index contributed by atoms with van der Waals surface area (Å²) in [4.78, 5) is 12.3. The molecule has 1 amide bonds. The summed E-state index contributed by atoms with van der Waals surface area (Å²) in [6.45, 7) is 5.88. The fourth-order valence-electron chi connectivity index (χ4n) is 2.80. The Morgan fingerprint density at radius 1 is 1.28 bits per heavy atom. The molecule has 0 saturated heterocycles. The van der Waals surface area contributed by atoms with Crippen molar-refractivity contribution in [1.82, 2.24) is 25.3 Å². The lowest BCUT2D eigenvalue weighted by molar-refractivity contribution is 0.0946. The number of nitrogens with zero attached hydrogens (tertiary/aromatic N) is 3. The van der Waals surface area contributed by atoms with E-state index >= 15 is 0 Å². The van der Waals surface area contributed by atoms with Gasteiger partial charge in [0.15, 0.2) is 0 Å². The van der Waals surface area contributed by atoms with Crippen LogP contribution in [0.1, 0.15) is 33.0 Å². The van der Waals surface area contributed by atoms with Crippen LogP contribution in [-0.2, 0) is 13.6 Å². The number of hydrogen-bond acceptors (Lipinski definition) is 3. The van der Waals surface area contributed by atoms with Gasteiger partial charge in [0.1, 0.15) is 11.5 Å². The quantitative estimate of drug-likeness (QED) is 0.766. The van der Waals surface area contributed by atoms with Gasteiger partial charge in [-0.25, -0.2) is 4.39 Å². The first-order valence-electron chi connectivity index (χ1n) is 7.96. The standard InChI is InChI=1S/C18H20FN5O/c1-10-7-13(5-6-14(10)19)9-20-18(25)16-8-15(21-22-16)17-11(2)23-24(4)12(17)3/h5-8H,9H2,1-4H3,(H,20,25)(H,21,22). The molecule has 7 heteroatoms. The number of aromatic amines is 1. The Morgan fingerprint density at radius 3 is 2.68 bits per heavy atom. The molecular formula is C18H20FN5O. The van der Waals surface area contributed by atoms with Crippen LogP contribution in [0.25, 0.3) is 11.3 Å². The molecule has 0 aliphatic rings. The molecule has 2 heterocycles. The second-order valence-corrected chi connectivity index (χ2v) is 6.10. The van der Waals surface area contributed by atoms with E-state index in [4.69, 9.17) is 0 Å². The molecule has 2 N–H and O–H groups in total. The summed E-state index contributed by atoms with van der Waals surface area (Å²) in [6, 6.07) is 6.49. The molecule has 3 rings (SSSR count). The number of carbonyl (C=O) groups is 1. The van der Waals surface area contributed by atoms with Crippen molar-refractivity contribution in [2.45, 2.75) is 27.3 Å². The van der Waals surface area contributed by atoms with Crippen molar-refractivity contribution in [3.05, 3.63) is 58.3 Å². The maximum absolute atomic E-state index is 13.3. The fourth-order valence-corrected chi connectivity index (χ4v) is 2.80. The van der Waals surface area contributed by atoms with Gasteiger partial charge in [-0.3, -0.25) is 14.6 Å². The second-order valence-electron chi connectivity index (χ2n) is 6.10. The third kappa shape index (κ3) is 3.31. The van der Waals surface area contributed by atoms with Gasteiger partial charge in [-0.1, -0.05) is 12.1 Å². The van der Waals surface area contributed by atoms with E-state index in [0.717, 1.165) is 22.5 Å². The van der Waals surface area contributed by atoms with E-state index in [1.54, 1.807) is 29.8 Å². The van der Waals surface area contributed by atoms with E-state index in [2.05, 4.69) is 20.6 Å². The van der Waals surface area contributed by atoms with E-state index in [-0.39, 0.29) is 11.7 Å². The third-order valence-electron chi connectivity index (χ3n) is 4.26. The summed E-state index contributed by atoms with van der Waals surface area (Å²) in [6.07, 6.45) is 0. The number of hydrogen-bond donors (Lipinski definition) is 2. The summed E-state index contributed by atoms with van der Waals surface area (Å²) < 4.78 is 15.1. The zero-order chi connectivity index (χ0) is 18.1. The SMILES string of the molecule is Cc1cc(CNC(=O)c2cc(-c3c(C)nn(C)c3C)n[nH]2)ccc1F. The van der Waals surface area contributed by atoms with Crippen LogP contribution in [0.4, 0.5) is 4.39 Å². The number of aromatic nitrogens is 4. The van der Waals surface area contributed by atoms with E-state index in [0.29, 0.717) is 23.5 Å². The molecule has 0 atom stereocenters. The molecule has 0 aliphatic carbocycles. The average Bonchev–Trinajstić information content (AvgIpc) is 3.13. The number of H-pyrrole nitrogens is 1. The highest BCUT2D eigenvalue weighted by Crippen LogP contribution is 2.25. The van der Waals surface area contributed by atoms with Crippen molar-refractivity contribution in [1.29, 1.82) is 0 Å². The molecule has 2 aromatic heterocycles. The zero-order valence-electron chi connectivity index (χ0n) is 14.6. The number of rotatable bonds is 4. The number of amides is 1. The van der Waals surface area contributed by atoms with Crippen molar-refractivity contribution in [2.24, 2.45) is 7.05 Å². The number of carbonyl (C=O) groups excluding carboxylic acids is 1. The van der Waals surface area contributed by atoms with Crippen LogP contribution >= 0.6 is 0 Å². The fraction of sp³-hybridized carbons (Fsp3) is 0.278. The van der Waals surface area contributed by atoms with Crippen molar-refractivity contribution >= 4 is 5.91 Å². The molecular weight excluding hydrogens is 321 g/mol. The van der Waals surface area contributed by atoms with Gasteiger partial charge in [0.2, 0.25) is 0 Å². The van der Waals surface area contributed by atoms with Gasteiger partial charge in [0, 0.05) is 24.8 Å². The molecule has 1 aromatic carbocycles. The van der Waals surface area contributed by atoms with Gasteiger partial charge in [-0.2, -0.15) is 10.2 Å². The van der Waals surface area contributed by atoms with Crippen LogP contribution in [0.2, 0.25) is 0 Å². The highest BCUT2D eigenvalue weighted by Gasteiger charge is 2.17. The topological polar surface area (TPSA) is 75.6 Å². The largest absolute Gasteiger partial charge is 0.347 e. The van der Waals surface area contributed by atoms with Gasteiger partial charge in [-0.15, -0.1) is 0 Å². The van der Waals surface area contributed by atoms with E-state index in [9.17, 15) is 9.18 Å².